The summed E-state index contributed by atoms with van der Waals surface area (Å²) in [7, 11) is 0. The normalized spacial score (nSPS) is 12.5. The molecule has 12 rings (SSSR count). The van der Waals surface area contributed by atoms with E-state index in [0.717, 1.165) is 84.0 Å². The van der Waals surface area contributed by atoms with Gasteiger partial charge in [-0.05, 0) is 110 Å². The zero-order valence-corrected chi connectivity index (χ0v) is 30.0. The number of imidazole rings is 4. The summed E-state index contributed by atoms with van der Waals surface area (Å²) in [6.07, 6.45) is 5.99. The molecule has 0 aliphatic carbocycles. The fraction of sp³-hybridized carbons (Fsp3) is 0.0208. The molecule has 0 saturated carbocycles. The van der Waals surface area contributed by atoms with Crippen LogP contribution in [0.5, 0.6) is 0 Å². The minimum absolute atomic E-state index is 0.897. The third-order valence-electron chi connectivity index (χ3n) is 11.3. The molecule has 0 bridgehead atoms. The number of hydrogen-bond acceptors (Lipinski definition) is 1. The summed E-state index contributed by atoms with van der Waals surface area (Å²) in [6.45, 7) is 6.10. The van der Waals surface area contributed by atoms with Crippen molar-refractivity contribution in [3.8, 4) is 17.1 Å². The van der Waals surface area contributed by atoms with E-state index in [1.54, 1.807) is 0 Å². The summed E-state index contributed by atoms with van der Waals surface area (Å²) >= 11 is 0. The fourth-order valence-corrected chi connectivity index (χ4v) is 9.00. The third-order valence-corrected chi connectivity index (χ3v) is 11.3. The van der Waals surface area contributed by atoms with E-state index in [0.29, 0.717) is 0 Å². The highest BCUT2D eigenvalue weighted by Gasteiger charge is 2.22. The Hall–Kier alpha value is -7.51. The van der Waals surface area contributed by atoms with E-state index < -0.39 is 0 Å². The number of hydrogen-bond donors (Lipinski definition) is 0. The average molecular weight is 708 g/mol. The molecule has 0 saturated heterocycles. The molecule has 0 radical (unpaired) electrons. The Balaban J connectivity index is 1.12. The number of aryl methyl sites for hydroxylation is 1. The first-order valence-electron chi connectivity index (χ1n) is 18.6. The van der Waals surface area contributed by atoms with Crippen LogP contribution in [0.4, 0.5) is 0 Å². The van der Waals surface area contributed by atoms with Crippen molar-refractivity contribution >= 4 is 78.2 Å². The molecular formula is C48H33N7. The Bertz CT molecular complexity index is 3590. The van der Waals surface area contributed by atoms with Crippen LogP contribution in [0.2, 0.25) is 0 Å². The van der Waals surface area contributed by atoms with Gasteiger partial charge in [-0.15, -0.1) is 0 Å². The Kier molecular flexibility index (Phi) is 6.00. The maximum Gasteiger partial charge on any atom is 0.220 e. The van der Waals surface area contributed by atoms with Crippen LogP contribution in [0, 0.1) is 6.92 Å². The van der Waals surface area contributed by atoms with Gasteiger partial charge in [0.15, 0.2) is 0 Å². The standard InChI is InChI=1S/C48H33N7/c1-3-4-18-37-31(2)27-46-51(40-21-9-11-23-42(40)53(37)46)35-25-26-44-45(30-35)54-38-19-7-5-14-32(38)28-47(54)50(44)33-15-13-16-34(29-33)52-41-22-10-12-24-43(41)55-39-20-8-6-17-36(39)49-48(52)55/h3-30H,1H2,2H3/b18-4-. The lowest BCUT2D eigenvalue weighted by Crippen LogP contribution is -1.99. The summed E-state index contributed by atoms with van der Waals surface area (Å²) < 4.78 is 14.1. The molecule has 0 atom stereocenters. The molecule has 6 heterocycles. The van der Waals surface area contributed by atoms with Gasteiger partial charge in [-0.25, -0.2) is 4.98 Å². The van der Waals surface area contributed by atoms with E-state index in [1.807, 2.05) is 12.2 Å². The molecule has 0 unspecified atom stereocenters. The lowest BCUT2D eigenvalue weighted by molar-refractivity contribution is 1.09. The Morgan fingerprint density at radius 2 is 1.07 bits per heavy atom. The molecule has 55 heavy (non-hydrogen) atoms. The lowest BCUT2D eigenvalue weighted by atomic mass is 10.2. The van der Waals surface area contributed by atoms with Crippen molar-refractivity contribution in [1.82, 2.24) is 31.9 Å². The molecule has 6 aromatic carbocycles. The molecule has 0 aliphatic heterocycles. The molecular weight excluding hydrogens is 675 g/mol. The van der Waals surface area contributed by atoms with Gasteiger partial charge in [0.1, 0.15) is 11.3 Å². The summed E-state index contributed by atoms with van der Waals surface area (Å²) in [5.41, 5.74) is 17.9. The van der Waals surface area contributed by atoms with Crippen molar-refractivity contribution in [1.29, 1.82) is 0 Å². The zero-order valence-electron chi connectivity index (χ0n) is 30.0. The van der Waals surface area contributed by atoms with Crippen LogP contribution in [-0.2, 0) is 0 Å². The van der Waals surface area contributed by atoms with Crippen molar-refractivity contribution in [2.45, 2.75) is 6.92 Å². The highest BCUT2D eigenvalue weighted by atomic mass is 15.2. The second-order valence-corrected chi connectivity index (χ2v) is 14.3. The topological polar surface area (TPSA) is 40.9 Å². The zero-order chi connectivity index (χ0) is 36.4. The number of benzene rings is 6. The first-order valence-corrected chi connectivity index (χ1v) is 18.6. The molecule has 0 aliphatic rings. The summed E-state index contributed by atoms with van der Waals surface area (Å²) in [6, 6.07) is 54.6. The SMILES string of the molecule is C=C/C=C\c1c(C)cc2n(-c3ccc4c(c3)n3c5ccccc5cc3n4-c3cccc(-n4c5ccccc5n5c6ccccc6nc45)c3)c3ccccc3n12. The van der Waals surface area contributed by atoms with E-state index in [-0.39, 0.29) is 0 Å². The van der Waals surface area contributed by atoms with Gasteiger partial charge in [-0.2, -0.15) is 0 Å². The number of allylic oxidation sites excluding steroid dienone is 2. The van der Waals surface area contributed by atoms with Crippen molar-refractivity contribution in [2.24, 2.45) is 0 Å². The molecule has 0 fully saturated rings. The predicted octanol–water partition coefficient (Wildman–Crippen LogP) is 11.5. The van der Waals surface area contributed by atoms with Gasteiger partial charge in [0.05, 0.1) is 61.0 Å². The smallest absolute Gasteiger partial charge is 0.220 e. The van der Waals surface area contributed by atoms with Crippen LogP contribution in [0.15, 0.2) is 170 Å². The Morgan fingerprint density at radius 3 is 1.85 bits per heavy atom. The molecule has 260 valence electrons. The number of nitrogens with zero attached hydrogens (tertiary/aromatic N) is 7. The lowest BCUT2D eigenvalue weighted by Gasteiger charge is -2.11. The second kappa shape index (κ2) is 11.0. The largest absolute Gasteiger partial charge is 0.294 e. The number of aromatic nitrogens is 7. The van der Waals surface area contributed by atoms with Gasteiger partial charge in [-0.1, -0.05) is 79.4 Å². The summed E-state index contributed by atoms with van der Waals surface area (Å²) in [4.78, 5) is 5.15. The summed E-state index contributed by atoms with van der Waals surface area (Å²) in [5, 5.41) is 1.20. The van der Waals surface area contributed by atoms with E-state index in [2.05, 4.69) is 198 Å². The third kappa shape index (κ3) is 4.01. The van der Waals surface area contributed by atoms with E-state index in [4.69, 9.17) is 4.98 Å². The highest BCUT2D eigenvalue weighted by molar-refractivity contribution is 5.98. The quantitative estimate of drug-likeness (QED) is 0.164. The van der Waals surface area contributed by atoms with Gasteiger partial charge < -0.3 is 0 Å². The highest BCUT2D eigenvalue weighted by Crippen LogP contribution is 2.37. The number of fused-ring (bicyclic) bond motifs is 13. The van der Waals surface area contributed by atoms with Crippen molar-refractivity contribution < 1.29 is 0 Å². The van der Waals surface area contributed by atoms with Crippen LogP contribution in [0.1, 0.15) is 11.3 Å². The predicted molar refractivity (Wildman–Crippen MR) is 227 cm³/mol. The molecule has 7 nitrogen and oxygen atoms in total. The van der Waals surface area contributed by atoms with Crippen LogP contribution in [0.25, 0.3) is 95.2 Å². The van der Waals surface area contributed by atoms with Gasteiger partial charge in [-0.3, -0.25) is 26.9 Å². The van der Waals surface area contributed by atoms with Crippen LogP contribution >= 0.6 is 0 Å². The molecule has 6 aromatic heterocycles. The van der Waals surface area contributed by atoms with Gasteiger partial charge >= 0.3 is 0 Å². The molecule has 12 aromatic rings. The van der Waals surface area contributed by atoms with Gasteiger partial charge in [0, 0.05) is 16.8 Å². The minimum atomic E-state index is 0.897. The van der Waals surface area contributed by atoms with Crippen LogP contribution in [0.3, 0.4) is 0 Å². The van der Waals surface area contributed by atoms with Crippen LogP contribution < -0.4 is 0 Å². The summed E-state index contributed by atoms with van der Waals surface area (Å²) in [5.74, 6) is 0.897. The fourth-order valence-electron chi connectivity index (χ4n) is 9.00. The first-order chi connectivity index (χ1) is 27.2. The number of rotatable bonds is 5. The van der Waals surface area contributed by atoms with E-state index in [1.165, 1.54) is 16.5 Å². The van der Waals surface area contributed by atoms with Gasteiger partial charge in [0.25, 0.3) is 0 Å². The average Bonchev–Trinajstić information content (AvgIpc) is 4.04. The molecule has 0 N–H and O–H groups in total. The minimum Gasteiger partial charge on any atom is -0.294 e. The van der Waals surface area contributed by atoms with Crippen molar-refractivity contribution in [3.63, 3.8) is 0 Å². The van der Waals surface area contributed by atoms with Crippen molar-refractivity contribution in [2.75, 3.05) is 0 Å². The molecule has 0 spiro atoms. The van der Waals surface area contributed by atoms with Gasteiger partial charge in [0.2, 0.25) is 5.78 Å². The maximum atomic E-state index is 5.15. The van der Waals surface area contributed by atoms with E-state index >= 15 is 0 Å². The van der Waals surface area contributed by atoms with Crippen LogP contribution in [-0.4, -0.2) is 31.9 Å². The molecule has 7 heteroatoms. The van der Waals surface area contributed by atoms with Crippen molar-refractivity contribution in [3.05, 3.63) is 182 Å². The maximum absolute atomic E-state index is 5.15. The number of para-hydroxylation sites is 7. The monoisotopic (exact) mass is 707 g/mol. The Morgan fingerprint density at radius 1 is 0.473 bits per heavy atom. The first kappa shape index (κ1) is 30.0. The Labute approximate surface area is 314 Å². The second-order valence-electron chi connectivity index (χ2n) is 14.3. The molecule has 0 amide bonds. The van der Waals surface area contributed by atoms with E-state index in [9.17, 15) is 0 Å².